The summed E-state index contributed by atoms with van der Waals surface area (Å²) in [7, 11) is 0. The molecule has 1 aliphatic heterocycles. The molecule has 0 radical (unpaired) electrons. The van der Waals surface area contributed by atoms with Gasteiger partial charge in [-0.25, -0.2) is 0 Å². The molecule has 3 nitrogen and oxygen atoms in total. The molecule has 0 N–H and O–H groups in total. The van der Waals surface area contributed by atoms with Crippen LogP contribution in [0.4, 0.5) is 0 Å². The van der Waals surface area contributed by atoms with E-state index in [1.165, 1.54) is 6.42 Å². The summed E-state index contributed by atoms with van der Waals surface area (Å²) in [5, 5.41) is 0.710. The van der Waals surface area contributed by atoms with E-state index in [1.807, 2.05) is 17.9 Å². The Morgan fingerprint density at radius 2 is 2.00 bits per heavy atom. The van der Waals surface area contributed by atoms with Crippen LogP contribution in [0.25, 0.3) is 0 Å². The van der Waals surface area contributed by atoms with E-state index >= 15 is 0 Å². The Morgan fingerprint density at radius 3 is 2.60 bits per heavy atom. The van der Waals surface area contributed by atoms with E-state index in [4.69, 9.17) is 16.3 Å². The smallest absolute Gasteiger partial charge is 0.260 e. The molecule has 20 heavy (non-hydrogen) atoms. The third-order valence-electron chi connectivity index (χ3n) is 3.97. The van der Waals surface area contributed by atoms with Crippen molar-refractivity contribution in [2.45, 2.75) is 52.1 Å². The summed E-state index contributed by atoms with van der Waals surface area (Å²) in [6.45, 7) is 6.24. The average molecular weight is 296 g/mol. The SMILES string of the molecule is Cc1cc(OCC(=O)N2C(C)CCCC2C)ccc1Cl. The lowest BCUT2D eigenvalue weighted by Gasteiger charge is -2.38. The molecule has 0 spiro atoms. The molecule has 1 fully saturated rings. The molecule has 0 aromatic heterocycles. The first-order valence-corrected chi connectivity index (χ1v) is 7.57. The van der Waals surface area contributed by atoms with Gasteiger partial charge in [0.15, 0.2) is 6.61 Å². The first-order chi connectivity index (χ1) is 9.49. The summed E-state index contributed by atoms with van der Waals surface area (Å²) in [5.74, 6) is 0.759. The zero-order chi connectivity index (χ0) is 14.7. The lowest BCUT2D eigenvalue weighted by atomic mass is 9.97. The minimum atomic E-state index is 0.0669. The number of amides is 1. The van der Waals surface area contributed by atoms with Crippen molar-refractivity contribution >= 4 is 17.5 Å². The molecule has 4 heteroatoms. The van der Waals surface area contributed by atoms with E-state index in [0.717, 1.165) is 18.4 Å². The van der Waals surface area contributed by atoms with Gasteiger partial charge >= 0.3 is 0 Å². The van der Waals surface area contributed by atoms with Crippen LogP contribution in [-0.4, -0.2) is 29.5 Å². The minimum Gasteiger partial charge on any atom is -0.484 e. The van der Waals surface area contributed by atoms with Gasteiger partial charge in [0.1, 0.15) is 5.75 Å². The van der Waals surface area contributed by atoms with Crippen molar-refractivity contribution < 1.29 is 9.53 Å². The second kappa shape index (κ2) is 6.49. The third-order valence-corrected chi connectivity index (χ3v) is 4.40. The monoisotopic (exact) mass is 295 g/mol. The quantitative estimate of drug-likeness (QED) is 0.848. The Kier molecular flexibility index (Phi) is 4.92. The van der Waals surface area contributed by atoms with Crippen LogP contribution in [-0.2, 0) is 4.79 Å². The molecule has 110 valence electrons. The molecule has 1 heterocycles. The number of hydrogen-bond donors (Lipinski definition) is 0. The predicted molar refractivity (Wildman–Crippen MR) is 81.3 cm³/mol. The van der Waals surface area contributed by atoms with E-state index in [-0.39, 0.29) is 12.5 Å². The molecule has 2 rings (SSSR count). The Bertz CT molecular complexity index is 479. The summed E-state index contributed by atoms with van der Waals surface area (Å²) in [4.78, 5) is 14.3. The number of nitrogens with zero attached hydrogens (tertiary/aromatic N) is 1. The molecule has 1 aromatic carbocycles. The molecule has 0 aliphatic carbocycles. The first-order valence-electron chi connectivity index (χ1n) is 7.19. The number of aryl methyl sites for hydroxylation is 1. The zero-order valence-corrected chi connectivity index (χ0v) is 13.1. The van der Waals surface area contributed by atoms with Gasteiger partial charge in [0.2, 0.25) is 0 Å². The van der Waals surface area contributed by atoms with E-state index in [1.54, 1.807) is 12.1 Å². The van der Waals surface area contributed by atoms with Gasteiger partial charge < -0.3 is 9.64 Å². The van der Waals surface area contributed by atoms with Gasteiger partial charge in [-0.05, 0) is 63.8 Å². The minimum absolute atomic E-state index is 0.0669. The number of ether oxygens (including phenoxy) is 1. The van der Waals surface area contributed by atoms with Crippen molar-refractivity contribution in [2.75, 3.05) is 6.61 Å². The fourth-order valence-corrected chi connectivity index (χ4v) is 2.96. The number of benzene rings is 1. The van der Waals surface area contributed by atoms with Crippen LogP contribution in [0, 0.1) is 6.92 Å². The molecule has 0 saturated carbocycles. The highest BCUT2D eigenvalue weighted by Gasteiger charge is 2.28. The Balaban J connectivity index is 1.95. The molecule has 2 atom stereocenters. The molecule has 0 bridgehead atoms. The summed E-state index contributed by atoms with van der Waals surface area (Å²) >= 11 is 5.97. The lowest BCUT2D eigenvalue weighted by Crippen LogP contribution is -2.49. The van der Waals surface area contributed by atoms with E-state index in [9.17, 15) is 4.79 Å². The van der Waals surface area contributed by atoms with Crippen LogP contribution in [0.1, 0.15) is 38.7 Å². The van der Waals surface area contributed by atoms with E-state index < -0.39 is 0 Å². The number of hydrogen-bond acceptors (Lipinski definition) is 2. The topological polar surface area (TPSA) is 29.5 Å². The van der Waals surface area contributed by atoms with Crippen LogP contribution in [0.5, 0.6) is 5.75 Å². The van der Waals surface area contributed by atoms with Gasteiger partial charge in [0.25, 0.3) is 5.91 Å². The van der Waals surface area contributed by atoms with Gasteiger partial charge in [-0.2, -0.15) is 0 Å². The van der Waals surface area contributed by atoms with Gasteiger partial charge in [-0.15, -0.1) is 0 Å². The lowest BCUT2D eigenvalue weighted by molar-refractivity contribution is -0.139. The maximum atomic E-state index is 12.3. The first kappa shape index (κ1) is 15.2. The Labute approximate surface area is 125 Å². The van der Waals surface area contributed by atoms with Crippen molar-refractivity contribution in [3.8, 4) is 5.75 Å². The fourth-order valence-electron chi connectivity index (χ4n) is 2.84. The predicted octanol–water partition coefficient (Wildman–Crippen LogP) is 3.82. The van der Waals surface area contributed by atoms with Crippen molar-refractivity contribution in [1.29, 1.82) is 0 Å². The average Bonchev–Trinajstić information content (AvgIpc) is 2.40. The number of piperidine rings is 1. The molecule has 1 saturated heterocycles. The summed E-state index contributed by atoms with van der Waals surface area (Å²) in [6, 6.07) is 6.07. The van der Waals surface area contributed by atoms with Crippen molar-refractivity contribution in [2.24, 2.45) is 0 Å². The van der Waals surface area contributed by atoms with Gasteiger partial charge in [-0.1, -0.05) is 11.6 Å². The maximum Gasteiger partial charge on any atom is 0.260 e. The normalized spacial score (nSPS) is 22.7. The van der Waals surface area contributed by atoms with Crippen LogP contribution >= 0.6 is 11.6 Å². The highest BCUT2D eigenvalue weighted by atomic mass is 35.5. The molecule has 1 amide bonds. The third kappa shape index (κ3) is 3.45. The fraction of sp³-hybridized carbons (Fsp3) is 0.562. The maximum absolute atomic E-state index is 12.3. The largest absolute Gasteiger partial charge is 0.484 e. The zero-order valence-electron chi connectivity index (χ0n) is 12.4. The van der Waals surface area contributed by atoms with E-state index in [2.05, 4.69) is 13.8 Å². The summed E-state index contributed by atoms with van der Waals surface area (Å²) in [6.07, 6.45) is 3.36. The number of rotatable bonds is 3. The Morgan fingerprint density at radius 1 is 1.35 bits per heavy atom. The van der Waals surface area contributed by atoms with E-state index in [0.29, 0.717) is 22.9 Å². The number of halogens is 1. The van der Waals surface area contributed by atoms with Crippen LogP contribution in [0.15, 0.2) is 18.2 Å². The number of carbonyl (C=O) groups is 1. The van der Waals surface area contributed by atoms with Crippen LogP contribution < -0.4 is 4.74 Å². The van der Waals surface area contributed by atoms with Crippen LogP contribution in [0.3, 0.4) is 0 Å². The molecule has 2 unspecified atom stereocenters. The standard InChI is InChI=1S/C16H22ClNO2/c1-11-9-14(7-8-15(11)17)20-10-16(19)18-12(2)5-4-6-13(18)3/h7-9,12-13H,4-6,10H2,1-3H3. The molecule has 1 aromatic rings. The van der Waals surface area contributed by atoms with Gasteiger partial charge in [0.05, 0.1) is 0 Å². The summed E-state index contributed by atoms with van der Waals surface area (Å²) < 4.78 is 5.60. The number of likely N-dealkylation sites (tertiary alicyclic amines) is 1. The van der Waals surface area contributed by atoms with Crippen molar-refractivity contribution in [3.63, 3.8) is 0 Å². The van der Waals surface area contributed by atoms with Gasteiger partial charge in [-0.3, -0.25) is 4.79 Å². The second-order valence-electron chi connectivity index (χ2n) is 5.63. The van der Waals surface area contributed by atoms with Crippen molar-refractivity contribution in [1.82, 2.24) is 4.90 Å². The molecular weight excluding hydrogens is 274 g/mol. The number of carbonyl (C=O) groups excluding carboxylic acids is 1. The highest BCUT2D eigenvalue weighted by Crippen LogP contribution is 2.24. The summed E-state index contributed by atoms with van der Waals surface area (Å²) in [5.41, 5.74) is 0.955. The molecule has 1 aliphatic rings. The van der Waals surface area contributed by atoms with Gasteiger partial charge in [0, 0.05) is 17.1 Å². The Hall–Kier alpha value is -1.22. The molecular formula is C16H22ClNO2. The van der Waals surface area contributed by atoms with Crippen molar-refractivity contribution in [3.05, 3.63) is 28.8 Å². The second-order valence-corrected chi connectivity index (χ2v) is 6.04. The van der Waals surface area contributed by atoms with Crippen LogP contribution in [0.2, 0.25) is 5.02 Å². The highest BCUT2D eigenvalue weighted by molar-refractivity contribution is 6.31.